The normalized spacial score (nSPS) is 11.9. The number of carbonyl (C=O) groups is 1. The molecule has 2 rings (SSSR count). The molecule has 0 radical (unpaired) electrons. The largest absolute Gasteiger partial charge is 0.573 e. The number of carbonyl (C=O) groups excluding carboxylic acids is 1. The van der Waals surface area contributed by atoms with Crippen molar-refractivity contribution in [1.29, 1.82) is 0 Å². The van der Waals surface area contributed by atoms with Crippen molar-refractivity contribution < 1.29 is 31.1 Å². The van der Waals surface area contributed by atoms with Gasteiger partial charge in [-0.15, -0.1) is 13.2 Å². The standard InChI is InChI=1S/C18H20F3N3O4S/c1-24(2)29(26,27)16-10-6-4-8-14(16)12-23-17(25)22-11-13-7-3-5-9-15(13)28-18(19,20)21/h3-10H,11-12H2,1-2H3,(H2,22,23,25). The van der Waals surface area contributed by atoms with Crippen LogP contribution in [0.5, 0.6) is 5.75 Å². The van der Waals surface area contributed by atoms with Crippen molar-refractivity contribution in [2.45, 2.75) is 24.3 Å². The van der Waals surface area contributed by atoms with Crippen LogP contribution in [0, 0.1) is 0 Å². The predicted molar refractivity (Wildman–Crippen MR) is 99.5 cm³/mol. The number of hydrogen-bond donors (Lipinski definition) is 2. The first-order valence-corrected chi connectivity index (χ1v) is 9.80. The molecule has 0 bridgehead atoms. The summed E-state index contributed by atoms with van der Waals surface area (Å²) in [4.78, 5) is 12.1. The highest BCUT2D eigenvalue weighted by molar-refractivity contribution is 7.89. The van der Waals surface area contributed by atoms with Gasteiger partial charge in [0.15, 0.2) is 0 Å². The minimum absolute atomic E-state index is 0.0502. The van der Waals surface area contributed by atoms with E-state index in [-0.39, 0.29) is 23.5 Å². The third kappa shape index (κ3) is 6.36. The Morgan fingerprint density at radius 2 is 1.48 bits per heavy atom. The average Bonchev–Trinajstić information content (AvgIpc) is 2.64. The van der Waals surface area contributed by atoms with Gasteiger partial charge < -0.3 is 15.4 Å². The van der Waals surface area contributed by atoms with E-state index in [9.17, 15) is 26.4 Å². The van der Waals surface area contributed by atoms with Gasteiger partial charge in [0.2, 0.25) is 10.0 Å². The Bertz CT molecular complexity index is 963. The van der Waals surface area contributed by atoms with Crippen LogP contribution in [0.1, 0.15) is 11.1 Å². The van der Waals surface area contributed by atoms with Crippen molar-refractivity contribution >= 4 is 16.1 Å². The number of ether oxygens (including phenoxy) is 1. The van der Waals surface area contributed by atoms with Gasteiger partial charge in [-0.3, -0.25) is 0 Å². The molecule has 0 unspecified atom stereocenters. The summed E-state index contributed by atoms with van der Waals surface area (Å²) >= 11 is 0. The maximum absolute atomic E-state index is 12.4. The van der Waals surface area contributed by atoms with Gasteiger partial charge in [0.25, 0.3) is 0 Å². The molecule has 0 heterocycles. The molecule has 2 aromatic carbocycles. The summed E-state index contributed by atoms with van der Waals surface area (Å²) < 4.78 is 67.0. The molecule has 0 saturated carbocycles. The molecule has 0 atom stereocenters. The molecule has 29 heavy (non-hydrogen) atoms. The third-order valence-corrected chi connectivity index (χ3v) is 5.72. The predicted octanol–water partition coefficient (Wildman–Crippen LogP) is 2.83. The molecule has 0 spiro atoms. The molecule has 2 amide bonds. The van der Waals surface area contributed by atoms with Crippen molar-refractivity contribution in [3.8, 4) is 5.75 Å². The number of urea groups is 1. The monoisotopic (exact) mass is 431 g/mol. The fourth-order valence-corrected chi connectivity index (χ4v) is 3.50. The Morgan fingerprint density at radius 3 is 2.07 bits per heavy atom. The lowest BCUT2D eigenvalue weighted by Crippen LogP contribution is -2.35. The second-order valence-electron chi connectivity index (χ2n) is 6.09. The zero-order valence-corrected chi connectivity index (χ0v) is 16.5. The summed E-state index contributed by atoms with van der Waals surface area (Å²) in [6, 6.07) is 10.9. The Balaban J connectivity index is 2.01. The highest BCUT2D eigenvalue weighted by atomic mass is 32.2. The maximum atomic E-state index is 12.4. The van der Waals surface area contributed by atoms with Gasteiger partial charge in [0, 0.05) is 32.7 Å². The number of amides is 2. The summed E-state index contributed by atoms with van der Waals surface area (Å²) in [6.07, 6.45) is -4.85. The van der Waals surface area contributed by atoms with Crippen LogP contribution in [0.25, 0.3) is 0 Å². The van der Waals surface area contributed by atoms with E-state index in [0.717, 1.165) is 10.4 Å². The first kappa shape index (κ1) is 22.5. The Hall–Kier alpha value is -2.79. The summed E-state index contributed by atoms with van der Waals surface area (Å²) in [7, 11) is -0.904. The second-order valence-corrected chi connectivity index (χ2v) is 8.21. The van der Waals surface area contributed by atoms with Gasteiger partial charge in [0.05, 0.1) is 4.90 Å². The smallest absolute Gasteiger partial charge is 0.405 e. The van der Waals surface area contributed by atoms with E-state index in [1.165, 1.54) is 38.4 Å². The van der Waals surface area contributed by atoms with Gasteiger partial charge in [-0.2, -0.15) is 0 Å². The van der Waals surface area contributed by atoms with E-state index in [1.54, 1.807) is 18.2 Å². The number of benzene rings is 2. The van der Waals surface area contributed by atoms with Crippen molar-refractivity contribution in [1.82, 2.24) is 14.9 Å². The Labute approximate surface area is 166 Å². The van der Waals surface area contributed by atoms with Crippen LogP contribution in [0.2, 0.25) is 0 Å². The Kier molecular flexibility index (Phi) is 7.09. The van der Waals surface area contributed by atoms with Crippen LogP contribution in [0.15, 0.2) is 53.4 Å². The van der Waals surface area contributed by atoms with E-state index in [0.29, 0.717) is 5.56 Å². The van der Waals surface area contributed by atoms with E-state index in [1.807, 2.05) is 0 Å². The van der Waals surface area contributed by atoms with E-state index in [2.05, 4.69) is 15.4 Å². The van der Waals surface area contributed by atoms with Gasteiger partial charge in [-0.05, 0) is 17.7 Å². The lowest BCUT2D eigenvalue weighted by molar-refractivity contribution is -0.274. The summed E-state index contributed by atoms with van der Waals surface area (Å²) in [5.41, 5.74) is 0.507. The summed E-state index contributed by atoms with van der Waals surface area (Å²) in [5.74, 6) is -0.414. The van der Waals surface area contributed by atoms with Crippen molar-refractivity contribution in [3.05, 3.63) is 59.7 Å². The fraction of sp³-hybridized carbons (Fsp3) is 0.278. The van der Waals surface area contributed by atoms with Crippen LogP contribution < -0.4 is 15.4 Å². The van der Waals surface area contributed by atoms with Crippen LogP contribution in [-0.2, 0) is 23.1 Å². The summed E-state index contributed by atoms with van der Waals surface area (Å²) in [5, 5.41) is 4.91. The fourth-order valence-electron chi connectivity index (χ4n) is 2.39. The molecule has 11 heteroatoms. The SMILES string of the molecule is CN(C)S(=O)(=O)c1ccccc1CNC(=O)NCc1ccccc1OC(F)(F)F. The summed E-state index contributed by atoms with van der Waals surface area (Å²) in [6.45, 7) is -0.300. The number of nitrogens with zero attached hydrogens (tertiary/aromatic N) is 1. The van der Waals surface area contributed by atoms with Gasteiger partial charge in [-0.25, -0.2) is 17.5 Å². The molecule has 158 valence electrons. The van der Waals surface area contributed by atoms with E-state index in [4.69, 9.17) is 0 Å². The number of para-hydroxylation sites is 1. The lowest BCUT2D eigenvalue weighted by Gasteiger charge is -2.16. The van der Waals surface area contributed by atoms with Crippen LogP contribution >= 0.6 is 0 Å². The van der Waals surface area contributed by atoms with Crippen molar-refractivity contribution in [2.24, 2.45) is 0 Å². The van der Waals surface area contributed by atoms with Crippen molar-refractivity contribution in [2.75, 3.05) is 14.1 Å². The quantitative estimate of drug-likeness (QED) is 0.706. The zero-order valence-electron chi connectivity index (χ0n) is 15.7. The number of sulfonamides is 1. The second kappa shape index (κ2) is 9.14. The lowest BCUT2D eigenvalue weighted by atomic mass is 10.2. The van der Waals surface area contributed by atoms with E-state index < -0.39 is 28.2 Å². The average molecular weight is 431 g/mol. The number of alkyl halides is 3. The third-order valence-electron chi connectivity index (χ3n) is 3.81. The van der Waals surface area contributed by atoms with Crippen LogP contribution in [-0.4, -0.2) is 39.2 Å². The highest BCUT2D eigenvalue weighted by Crippen LogP contribution is 2.26. The minimum atomic E-state index is -4.85. The highest BCUT2D eigenvalue weighted by Gasteiger charge is 2.32. The molecule has 0 aliphatic heterocycles. The van der Waals surface area contributed by atoms with Gasteiger partial charge in [-0.1, -0.05) is 36.4 Å². The van der Waals surface area contributed by atoms with Crippen molar-refractivity contribution in [3.63, 3.8) is 0 Å². The number of hydrogen-bond acceptors (Lipinski definition) is 4. The molecule has 0 aliphatic rings. The molecule has 0 aliphatic carbocycles. The first-order valence-electron chi connectivity index (χ1n) is 8.36. The number of nitrogens with one attached hydrogen (secondary N) is 2. The molecule has 7 nitrogen and oxygen atoms in total. The van der Waals surface area contributed by atoms with Crippen LogP contribution in [0.4, 0.5) is 18.0 Å². The molecular weight excluding hydrogens is 411 g/mol. The topological polar surface area (TPSA) is 87.7 Å². The van der Waals surface area contributed by atoms with Gasteiger partial charge in [0.1, 0.15) is 5.75 Å². The van der Waals surface area contributed by atoms with Gasteiger partial charge >= 0.3 is 12.4 Å². The van der Waals surface area contributed by atoms with E-state index >= 15 is 0 Å². The zero-order chi connectivity index (χ0) is 21.7. The Morgan fingerprint density at radius 1 is 0.966 bits per heavy atom. The van der Waals surface area contributed by atoms with Crippen LogP contribution in [0.3, 0.4) is 0 Å². The molecule has 2 aromatic rings. The number of halogens is 3. The maximum Gasteiger partial charge on any atom is 0.573 e. The number of rotatable bonds is 7. The molecular formula is C18H20F3N3O4S. The molecule has 0 saturated heterocycles. The minimum Gasteiger partial charge on any atom is -0.405 e. The molecule has 0 fully saturated rings. The molecule has 2 N–H and O–H groups in total. The first-order chi connectivity index (χ1) is 13.5. The molecule has 0 aromatic heterocycles.